The highest BCUT2D eigenvalue weighted by molar-refractivity contribution is 6.19. The number of ether oxygens (including phenoxy) is 1. The van der Waals surface area contributed by atoms with Gasteiger partial charge in [-0.15, -0.1) is 0 Å². The fraction of sp³-hybridized carbons (Fsp3) is 0.545. The van der Waals surface area contributed by atoms with Crippen molar-refractivity contribution in [2.45, 2.75) is 71.4 Å². The van der Waals surface area contributed by atoms with E-state index in [0.29, 0.717) is 6.42 Å². The second kappa shape index (κ2) is 12.4. The molecule has 28 heavy (non-hydrogen) atoms. The summed E-state index contributed by atoms with van der Waals surface area (Å²) in [5.41, 5.74) is -1.51. The molecule has 0 spiro atoms. The number of ketones is 1. The molecule has 1 rings (SSSR count). The van der Waals surface area contributed by atoms with E-state index in [1.54, 1.807) is 0 Å². The smallest absolute Gasteiger partial charge is 0.416 e. The van der Waals surface area contributed by atoms with Gasteiger partial charge < -0.3 is 4.74 Å². The van der Waals surface area contributed by atoms with Crippen molar-refractivity contribution >= 4 is 17.8 Å². The maximum Gasteiger partial charge on any atom is 0.416 e. The molecule has 3 nitrogen and oxygen atoms in total. The van der Waals surface area contributed by atoms with E-state index in [1.165, 1.54) is 43.9 Å². The Bertz CT molecular complexity index is 663. The summed E-state index contributed by atoms with van der Waals surface area (Å²) in [6, 6.07) is 4.81. The van der Waals surface area contributed by atoms with E-state index in [-0.39, 0.29) is 17.7 Å². The number of benzene rings is 1. The molecule has 0 saturated heterocycles. The highest BCUT2D eigenvalue weighted by Gasteiger charge is 2.33. The van der Waals surface area contributed by atoms with E-state index in [4.69, 9.17) is 4.74 Å². The van der Waals surface area contributed by atoms with Crippen LogP contribution in [0.1, 0.15) is 76.3 Å². The average Bonchev–Trinajstić information content (AvgIpc) is 2.63. The number of carbonyl (C=O) groups excluding carboxylic acids is 2. The molecule has 0 saturated carbocycles. The quantitative estimate of drug-likeness (QED) is 0.135. The predicted molar refractivity (Wildman–Crippen MR) is 104 cm³/mol. The highest BCUT2D eigenvalue weighted by atomic mass is 19.4. The summed E-state index contributed by atoms with van der Waals surface area (Å²) in [5.74, 6) is -1.51. The van der Waals surface area contributed by atoms with E-state index in [0.717, 1.165) is 38.3 Å². The molecule has 0 bridgehead atoms. The van der Waals surface area contributed by atoms with Crippen molar-refractivity contribution in [2.24, 2.45) is 0 Å². The molecule has 0 radical (unpaired) electrons. The number of alkyl halides is 3. The van der Waals surface area contributed by atoms with Crippen molar-refractivity contribution in [2.75, 3.05) is 6.61 Å². The third-order valence-electron chi connectivity index (χ3n) is 4.40. The Morgan fingerprint density at radius 2 is 1.54 bits per heavy atom. The normalized spacial score (nSPS) is 12.1. The monoisotopic (exact) mass is 398 g/mol. The molecule has 0 heterocycles. The topological polar surface area (TPSA) is 43.4 Å². The van der Waals surface area contributed by atoms with Crippen molar-refractivity contribution in [1.29, 1.82) is 0 Å². The van der Waals surface area contributed by atoms with E-state index >= 15 is 0 Å². The van der Waals surface area contributed by atoms with Crippen molar-refractivity contribution in [3.8, 4) is 0 Å². The third kappa shape index (κ3) is 8.72. The fourth-order valence-corrected chi connectivity index (χ4v) is 2.82. The summed E-state index contributed by atoms with van der Waals surface area (Å²) in [6.07, 6.45) is 5.04. The van der Waals surface area contributed by atoms with Crippen molar-refractivity contribution in [3.05, 3.63) is 41.0 Å². The van der Waals surface area contributed by atoms with Crippen LogP contribution in [0.3, 0.4) is 0 Å². The van der Waals surface area contributed by atoms with Crippen molar-refractivity contribution < 1.29 is 27.5 Å². The zero-order chi connectivity index (χ0) is 21.0. The van der Waals surface area contributed by atoms with Gasteiger partial charge in [0.05, 0.1) is 12.2 Å². The zero-order valence-electron chi connectivity index (χ0n) is 16.6. The van der Waals surface area contributed by atoms with E-state index < -0.39 is 23.5 Å². The van der Waals surface area contributed by atoms with Crippen LogP contribution in [0, 0.1) is 0 Å². The first-order chi connectivity index (χ1) is 13.3. The summed E-state index contributed by atoms with van der Waals surface area (Å²) in [5, 5.41) is 0. The Labute approximate surface area is 165 Å². The van der Waals surface area contributed by atoms with Crippen LogP contribution in [-0.4, -0.2) is 18.4 Å². The van der Waals surface area contributed by atoms with Crippen molar-refractivity contribution in [3.63, 3.8) is 0 Å². The van der Waals surface area contributed by atoms with Crippen LogP contribution in [0.15, 0.2) is 29.8 Å². The van der Waals surface area contributed by atoms with Gasteiger partial charge in [-0.05, 0) is 31.1 Å². The second-order valence-electron chi connectivity index (χ2n) is 6.81. The van der Waals surface area contributed by atoms with Gasteiger partial charge in [-0.1, -0.05) is 70.1 Å². The number of hydrogen-bond acceptors (Lipinski definition) is 3. The summed E-state index contributed by atoms with van der Waals surface area (Å²) in [6.45, 7) is 3.46. The molecule has 156 valence electrons. The largest absolute Gasteiger partial charge is 0.462 e. The van der Waals surface area contributed by atoms with E-state index in [1.807, 2.05) is 0 Å². The average molecular weight is 398 g/mol. The van der Waals surface area contributed by atoms with Gasteiger partial charge in [0, 0.05) is 0 Å². The standard InChI is InChI=1S/C22H29F3O3/c1-3-4-5-6-7-8-9-12-15-28-21(27)19(17(2)26)16-18-13-10-11-14-20(18)22(23,24)25/h10-11,13-14,16H,3-9,12,15H2,1-2H3/b19-16-. The van der Waals surface area contributed by atoms with Crippen LogP contribution < -0.4 is 0 Å². The minimum absolute atomic E-state index is 0.152. The van der Waals surface area contributed by atoms with Crippen LogP contribution in [0.25, 0.3) is 6.08 Å². The summed E-state index contributed by atoms with van der Waals surface area (Å²) in [7, 11) is 0. The van der Waals surface area contributed by atoms with Gasteiger partial charge in [-0.25, -0.2) is 4.79 Å². The molecule has 0 fully saturated rings. The number of carbonyl (C=O) groups is 2. The van der Waals surface area contributed by atoms with Gasteiger partial charge in [-0.2, -0.15) is 13.2 Å². The van der Waals surface area contributed by atoms with Crippen molar-refractivity contribution in [1.82, 2.24) is 0 Å². The maximum atomic E-state index is 13.1. The molecule has 0 N–H and O–H groups in total. The molecule has 0 aliphatic carbocycles. The Hall–Kier alpha value is -2.11. The van der Waals surface area contributed by atoms with Crippen LogP contribution in [0.5, 0.6) is 0 Å². The molecule has 6 heteroatoms. The first-order valence-corrected chi connectivity index (χ1v) is 9.83. The number of unbranched alkanes of at least 4 members (excludes halogenated alkanes) is 7. The Morgan fingerprint density at radius 3 is 2.11 bits per heavy atom. The van der Waals surface area contributed by atoms with Gasteiger partial charge in [-0.3, -0.25) is 4.79 Å². The van der Waals surface area contributed by atoms with Gasteiger partial charge in [0.1, 0.15) is 5.57 Å². The number of hydrogen-bond donors (Lipinski definition) is 0. The minimum Gasteiger partial charge on any atom is -0.462 e. The second-order valence-corrected chi connectivity index (χ2v) is 6.81. The van der Waals surface area contributed by atoms with E-state index in [2.05, 4.69) is 6.92 Å². The Kier molecular flexibility index (Phi) is 10.6. The summed E-state index contributed by atoms with van der Waals surface area (Å²) >= 11 is 0. The van der Waals surface area contributed by atoms with Gasteiger partial charge in [0.25, 0.3) is 0 Å². The highest BCUT2D eigenvalue weighted by Crippen LogP contribution is 2.33. The molecular weight excluding hydrogens is 369 g/mol. The Morgan fingerprint density at radius 1 is 0.964 bits per heavy atom. The number of esters is 1. The molecule has 0 aromatic heterocycles. The fourth-order valence-electron chi connectivity index (χ4n) is 2.82. The molecule has 0 atom stereocenters. The lowest BCUT2D eigenvalue weighted by molar-refractivity contribution is -0.141. The molecule has 0 unspecified atom stereocenters. The van der Waals surface area contributed by atoms with E-state index in [9.17, 15) is 22.8 Å². The van der Waals surface area contributed by atoms with Gasteiger partial charge in [0.2, 0.25) is 0 Å². The minimum atomic E-state index is -4.57. The molecule has 0 amide bonds. The number of halogens is 3. The first kappa shape index (κ1) is 23.9. The first-order valence-electron chi connectivity index (χ1n) is 9.83. The van der Waals surface area contributed by atoms with Gasteiger partial charge in [0.15, 0.2) is 5.78 Å². The molecule has 0 aliphatic rings. The molecule has 1 aromatic rings. The van der Waals surface area contributed by atoms with Crippen LogP contribution in [0.2, 0.25) is 0 Å². The van der Waals surface area contributed by atoms with Crippen LogP contribution in [-0.2, 0) is 20.5 Å². The lowest BCUT2D eigenvalue weighted by Crippen LogP contribution is -2.15. The summed E-state index contributed by atoms with van der Waals surface area (Å²) in [4.78, 5) is 23.9. The number of rotatable bonds is 12. The van der Waals surface area contributed by atoms with Crippen LogP contribution >= 0.6 is 0 Å². The zero-order valence-corrected chi connectivity index (χ0v) is 16.6. The molecular formula is C22H29F3O3. The summed E-state index contributed by atoms with van der Waals surface area (Å²) < 4.78 is 44.4. The SMILES string of the molecule is CCCCCCCCCCOC(=O)/C(=C\c1ccccc1C(F)(F)F)C(C)=O. The lowest BCUT2D eigenvalue weighted by atomic mass is 10.0. The lowest BCUT2D eigenvalue weighted by Gasteiger charge is -2.11. The molecule has 1 aromatic carbocycles. The third-order valence-corrected chi connectivity index (χ3v) is 4.40. The predicted octanol–water partition coefficient (Wildman–Crippen LogP) is 6.36. The number of Topliss-reactive ketones (excluding diaryl/α,β-unsaturated/α-hetero) is 1. The van der Waals surface area contributed by atoms with Gasteiger partial charge >= 0.3 is 12.1 Å². The maximum absolute atomic E-state index is 13.1. The van der Waals surface area contributed by atoms with Crippen LogP contribution in [0.4, 0.5) is 13.2 Å². The molecule has 0 aliphatic heterocycles. The Balaban J connectivity index is 2.60.